The molecule has 232 valence electrons. The van der Waals surface area contributed by atoms with Gasteiger partial charge in [-0.2, -0.15) is 8.42 Å². The van der Waals surface area contributed by atoms with Gasteiger partial charge in [-0.1, -0.05) is 53.7 Å². The summed E-state index contributed by atoms with van der Waals surface area (Å²) in [5, 5.41) is 4.44. The second-order valence-electron chi connectivity index (χ2n) is 11.0. The number of hydrogen-bond donors (Lipinski definition) is 2. The van der Waals surface area contributed by atoms with E-state index in [4.69, 9.17) is 10.3 Å². The molecule has 0 aliphatic rings. The summed E-state index contributed by atoms with van der Waals surface area (Å²) in [4.78, 5) is 19.2. The number of aryl methyl sites for hydroxylation is 5. The SMILES string of the molecule is Cc1cc2c(cc(-c3ccccc3)c(=O)n2Cc2ccc(-c3cc(C)sc3S(=O)(=O)O)c(C)c2)c(C)n1.Cc1onc(N)c1C. The van der Waals surface area contributed by atoms with Gasteiger partial charge in [-0.15, -0.1) is 11.3 Å². The lowest BCUT2D eigenvalue weighted by Crippen LogP contribution is -2.23. The number of pyridine rings is 2. The van der Waals surface area contributed by atoms with Crippen LogP contribution in [0.15, 0.2) is 80.3 Å². The molecule has 0 saturated carbocycles. The van der Waals surface area contributed by atoms with Crippen LogP contribution in [0.5, 0.6) is 0 Å². The Kier molecular flexibility index (Phi) is 8.79. The van der Waals surface area contributed by atoms with Crippen molar-refractivity contribution in [1.82, 2.24) is 14.7 Å². The molecule has 0 aliphatic heterocycles. The van der Waals surface area contributed by atoms with Gasteiger partial charge in [0.1, 0.15) is 5.76 Å². The largest absolute Gasteiger partial charge is 0.381 e. The maximum absolute atomic E-state index is 13.8. The first-order valence-corrected chi connectivity index (χ1v) is 16.4. The third kappa shape index (κ3) is 6.60. The van der Waals surface area contributed by atoms with Crippen molar-refractivity contribution in [1.29, 1.82) is 0 Å². The summed E-state index contributed by atoms with van der Waals surface area (Å²) in [6.45, 7) is 11.6. The molecule has 0 spiro atoms. The van der Waals surface area contributed by atoms with E-state index in [1.54, 1.807) is 10.6 Å². The van der Waals surface area contributed by atoms with Crippen molar-refractivity contribution < 1.29 is 17.5 Å². The second kappa shape index (κ2) is 12.4. The van der Waals surface area contributed by atoms with E-state index in [1.165, 1.54) is 0 Å². The number of benzene rings is 2. The molecule has 0 aliphatic carbocycles. The van der Waals surface area contributed by atoms with Gasteiger partial charge < -0.3 is 14.8 Å². The zero-order chi connectivity index (χ0) is 32.6. The standard InChI is InChI=1S/C29H26N2O4S2.C5H8N2O/c1-17-12-21(10-11-23(17)26-14-19(3)36-29(26)37(33,34)35)16-31-27-13-18(2)30-20(4)24(27)15-25(28(31)32)22-8-6-5-7-9-22;1-3-4(2)8-7-5(3)6/h5-15H,16H2,1-4H3,(H,33,34,35);1-2H3,(H2,6,7). The average Bonchev–Trinajstić information content (AvgIpc) is 3.52. The lowest BCUT2D eigenvalue weighted by molar-refractivity contribution is 0.399. The van der Waals surface area contributed by atoms with Crippen LogP contribution in [0.4, 0.5) is 5.82 Å². The zero-order valence-electron chi connectivity index (χ0n) is 25.9. The quantitative estimate of drug-likeness (QED) is 0.188. The molecule has 4 heterocycles. The van der Waals surface area contributed by atoms with Crippen molar-refractivity contribution in [3.8, 4) is 22.3 Å². The van der Waals surface area contributed by atoms with E-state index in [2.05, 4.69) is 10.1 Å². The number of thiophene rings is 1. The van der Waals surface area contributed by atoms with Gasteiger partial charge in [-0.3, -0.25) is 14.3 Å². The van der Waals surface area contributed by atoms with Crippen molar-refractivity contribution in [2.24, 2.45) is 0 Å². The van der Waals surface area contributed by atoms with Gasteiger partial charge >= 0.3 is 10.1 Å². The topological polar surface area (TPSA) is 141 Å². The molecule has 0 radical (unpaired) electrons. The molecule has 6 rings (SSSR count). The van der Waals surface area contributed by atoms with Crippen LogP contribution in [0.3, 0.4) is 0 Å². The highest BCUT2D eigenvalue weighted by atomic mass is 32.3. The van der Waals surface area contributed by atoms with Crippen molar-refractivity contribution in [3.63, 3.8) is 0 Å². The third-order valence-electron chi connectivity index (χ3n) is 7.67. The summed E-state index contributed by atoms with van der Waals surface area (Å²) >= 11 is 1.05. The first kappa shape index (κ1) is 31.8. The molecule has 0 bridgehead atoms. The highest BCUT2D eigenvalue weighted by molar-refractivity contribution is 7.88. The predicted octanol–water partition coefficient (Wildman–Crippen LogP) is 7.19. The molecule has 11 heteroatoms. The number of nitrogens with zero attached hydrogens (tertiary/aromatic N) is 3. The predicted molar refractivity (Wildman–Crippen MR) is 179 cm³/mol. The lowest BCUT2D eigenvalue weighted by atomic mass is 9.99. The Morgan fingerprint density at radius 2 is 1.62 bits per heavy atom. The minimum absolute atomic E-state index is 0.0583. The van der Waals surface area contributed by atoms with Crippen LogP contribution < -0.4 is 11.3 Å². The number of rotatable bonds is 5. The Hall–Kier alpha value is -4.58. The molecule has 4 aromatic heterocycles. The fourth-order valence-corrected chi connectivity index (χ4v) is 7.29. The van der Waals surface area contributed by atoms with Gasteiger partial charge in [0.25, 0.3) is 5.56 Å². The normalized spacial score (nSPS) is 11.4. The fourth-order valence-electron chi connectivity index (χ4n) is 5.28. The van der Waals surface area contributed by atoms with Crippen LogP contribution >= 0.6 is 11.3 Å². The molecule has 3 N–H and O–H groups in total. The van der Waals surface area contributed by atoms with Crippen LogP contribution in [0, 0.1) is 41.5 Å². The van der Waals surface area contributed by atoms with Gasteiger partial charge in [0.2, 0.25) is 0 Å². The van der Waals surface area contributed by atoms with Crippen LogP contribution in [0.2, 0.25) is 0 Å². The Morgan fingerprint density at radius 3 is 2.20 bits per heavy atom. The number of fused-ring (bicyclic) bond motifs is 1. The molecule has 0 atom stereocenters. The van der Waals surface area contributed by atoms with E-state index < -0.39 is 10.1 Å². The Bertz CT molecular complexity index is 2200. The molecule has 0 fully saturated rings. The lowest BCUT2D eigenvalue weighted by Gasteiger charge is -2.16. The minimum atomic E-state index is -4.34. The maximum atomic E-state index is 13.8. The molecular weight excluding hydrogens is 609 g/mol. The average molecular weight is 643 g/mol. The highest BCUT2D eigenvalue weighted by Gasteiger charge is 2.21. The van der Waals surface area contributed by atoms with E-state index in [-0.39, 0.29) is 9.77 Å². The monoisotopic (exact) mass is 642 g/mol. The molecule has 0 unspecified atom stereocenters. The number of anilines is 1. The number of nitrogen functional groups attached to an aromatic ring is 1. The molecule has 0 amide bonds. The minimum Gasteiger partial charge on any atom is -0.381 e. The first-order chi connectivity index (χ1) is 21.2. The molecule has 6 aromatic rings. The first-order valence-electron chi connectivity index (χ1n) is 14.2. The van der Waals surface area contributed by atoms with Gasteiger partial charge in [0.05, 0.1) is 12.1 Å². The maximum Gasteiger partial charge on any atom is 0.304 e. The summed E-state index contributed by atoms with van der Waals surface area (Å²) in [6.07, 6.45) is 0. The van der Waals surface area contributed by atoms with E-state index in [9.17, 15) is 17.8 Å². The summed E-state index contributed by atoms with van der Waals surface area (Å²) < 4.78 is 40.1. The Labute approximate surface area is 265 Å². The molecule has 9 nitrogen and oxygen atoms in total. The van der Waals surface area contributed by atoms with Crippen LogP contribution in [0.25, 0.3) is 33.2 Å². The van der Waals surface area contributed by atoms with E-state index >= 15 is 0 Å². The van der Waals surface area contributed by atoms with Crippen LogP contribution in [-0.2, 0) is 16.7 Å². The summed E-state index contributed by atoms with van der Waals surface area (Å²) in [6, 6.07) is 21.0. The number of hydrogen-bond acceptors (Lipinski definition) is 8. The smallest absolute Gasteiger partial charge is 0.304 e. The van der Waals surface area contributed by atoms with Gasteiger partial charge in [0.15, 0.2) is 10.0 Å². The Morgan fingerprint density at radius 1 is 0.911 bits per heavy atom. The van der Waals surface area contributed by atoms with Crippen molar-refractivity contribution in [2.75, 3.05) is 5.73 Å². The number of nitrogens with two attached hydrogens (primary N) is 1. The Balaban J connectivity index is 0.000000436. The zero-order valence-corrected chi connectivity index (χ0v) is 27.5. The molecule has 45 heavy (non-hydrogen) atoms. The highest BCUT2D eigenvalue weighted by Crippen LogP contribution is 2.37. The molecule has 2 aromatic carbocycles. The third-order valence-corrected chi connectivity index (χ3v) is 10.1. The van der Waals surface area contributed by atoms with Crippen LogP contribution in [-0.4, -0.2) is 27.7 Å². The van der Waals surface area contributed by atoms with Gasteiger partial charge in [-0.05, 0) is 82.0 Å². The van der Waals surface area contributed by atoms with E-state index in [0.717, 1.165) is 72.1 Å². The summed E-state index contributed by atoms with van der Waals surface area (Å²) in [5.74, 6) is 1.28. The van der Waals surface area contributed by atoms with Gasteiger partial charge in [-0.25, -0.2) is 0 Å². The molecule has 0 saturated heterocycles. The van der Waals surface area contributed by atoms with Gasteiger partial charge in [0, 0.05) is 38.3 Å². The van der Waals surface area contributed by atoms with Crippen LogP contribution in [0.1, 0.15) is 38.7 Å². The second-order valence-corrected chi connectivity index (χ2v) is 13.9. The summed E-state index contributed by atoms with van der Waals surface area (Å²) in [5.41, 5.74) is 13.1. The van der Waals surface area contributed by atoms with Crippen molar-refractivity contribution in [3.05, 3.63) is 116 Å². The van der Waals surface area contributed by atoms with E-state index in [1.807, 2.05) is 102 Å². The molecular formula is C34H34N4O5S2. The van der Waals surface area contributed by atoms with Crippen molar-refractivity contribution >= 4 is 38.2 Å². The fraction of sp³-hybridized carbons (Fsp3) is 0.206. The number of aromatic nitrogens is 3. The van der Waals surface area contributed by atoms with Crippen molar-refractivity contribution in [2.45, 2.75) is 52.3 Å². The van der Waals surface area contributed by atoms with E-state index in [0.29, 0.717) is 23.5 Å². The summed E-state index contributed by atoms with van der Waals surface area (Å²) in [7, 11) is -4.34.